The Hall–Kier alpha value is -1.63. The fraction of sp³-hybridized carbons (Fsp3) is 0.333. The van der Waals surface area contributed by atoms with Crippen molar-refractivity contribution in [2.24, 2.45) is 0 Å². The minimum atomic E-state index is -0.113. The molecule has 0 N–H and O–H groups in total. The van der Waals surface area contributed by atoms with E-state index in [0.717, 1.165) is 36.8 Å². The number of aryl methyl sites for hydroxylation is 2. The summed E-state index contributed by atoms with van der Waals surface area (Å²) < 4.78 is 14.1. The molecule has 0 bridgehead atoms. The van der Waals surface area contributed by atoms with Gasteiger partial charge in [0.15, 0.2) is 0 Å². The summed E-state index contributed by atoms with van der Waals surface area (Å²) in [6.45, 7) is 4.28. The molecule has 0 unspecified atom stereocenters. The van der Waals surface area contributed by atoms with E-state index in [2.05, 4.69) is 26.0 Å². The third-order valence-electron chi connectivity index (χ3n) is 3.53. The Kier molecular flexibility index (Phi) is 4.73. The fourth-order valence-electron chi connectivity index (χ4n) is 2.25. The quantitative estimate of drug-likeness (QED) is 0.672. The highest BCUT2D eigenvalue weighted by molar-refractivity contribution is 5.64. The second-order valence-electron chi connectivity index (χ2n) is 4.97. The normalized spacial score (nSPS) is 10.7. The molecule has 0 radical (unpaired) electrons. The Balaban J connectivity index is 2.24. The van der Waals surface area contributed by atoms with Gasteiger partial charge in [-0.15, -0.1) is 0 Å². The zero-order valence-corrected chi connectivity index (χ0v) is 11.7. The number of benzene rings is 2. The maximum Gasteiger partial charge on any atom is 0.131 e. The summed E-state index contributed by atoms with van der Waals surface area (Å²) in [6.07, 6.45) is 4.23. The van der Waals surface area contributed by atoms with Crippen molar-refractivity contribution < 1.29 is 4.39 Å². The van der Waals surface area contributed by atoms with Crippen molar-refractivity contribution in [2.75, 3.05) is 0 Å². The molecule has 0 saturated heterocycles. The summed E-state index contributed by atoms with van der Waals surface area (Å²) in [4.78, 5) is 0. The predicted molar refractivity (Wildman–Crippen MR) is 79.8 cm³/mol. The van der Waals surface area contributed by atoms with Gasteiger partial charge in [-0.1, -0.05) is 56.7 Å². The van der Waals surface area contributed by atoms with Gasteiger partial charge in [-0.2, -0.15) is 0 Å². The molecule has 0 heterocycles. The van der Waals surface area contributed by atoms with E-state index in [1.807, 2.05) is 24.3 Å². The molecule has 0 aliphatic carbocycles. The molecular weight excluding hydrogens is 235 g/mol. The van der Waals surface area contributed by atoms with Crippen molar-refractivity contribution >= 4 is 0 Å². The van der Waals surface area contributed by atoms with E-state index in [1.165, 1.54) is 5.56 Å². The summed E-state index contributed by atoms with van der Waals surface area (Å²) in [7, 11) is 0. The SMILES string of the molecule is CCCCc1ccc(-c2ccc(CC)cc2)c(F)c1. The molecule has 0 saturated carbocycles. The van der Waals surface area contributed by atoms with Gasteiger partial charge in [0, 0.05) is 5.56 Å². The largest absolute Gasteiger partial charge is 0.206 e. The topological polar surface area (TPSA) is 0 Å². The molecule has 2 rings (SSSR count). The van der Waals surface area contributed by atoms with Crippen LogP contribution >= 0.6 is 0 Å². The minimum absolute atomic E-state index is 0.113. The molecule has 0 nitrogen and oxygen atoms in total. The summed E-state index contributed by atoms with van der Waals surface area (Å²) >= 11 is 0. The molecule has 0 amide bonds. The molecule has 0 spiro atoms. The fourth-order valence-corrected chi connectivity index (χ4v) is 2.25. The summed E-state index contributed by atoms with van der Waals surface area (Å²) in [5, 5.41) is 0. The molecule has 0 atom stereocenters. The van der Waals surface area contributed by atoms with Gasteiger partial charge in [0.1, 0.15) is 5.82 Å². The zero-order chi connectivity index (χ0) is 13.7. The van der Waals surface area contributed by atoms with E-state index in [9.17, 15) is 4.39 Å². The third-order valence-corrected chi connectivity index (χ3v) is 3.53. The molecule has 2 aromatic carbocycles. The van der Waals surface area contributed by atoms with Crippen LogP contribution in [0, 0.1) is 5.82 Å². The zero-order valence-electron chi connectivity index (χ0n) is 11.7. The second-order valence-corrected chi connectivity index (χ2v) is 4.97. The lowest BCUT2D eigenvalue weighted by Crippen LogP contribution is -1.90. The van der Waals surface area contributed by atoms with Crippen LogP contribution in [0.2, 0.25) is 0 Å². The van der Waals surface area contributed by atoms with Crippen molar-refractivity contribution in [2.45, 2.75) is 39.5 Å². The van der Waals surface area contributed by atoms with Crippen LogP contribution < -0.4 is 0 Å². The molecule has 19 heavy (non-hydrogen) atoms. The third kappa shape index (κ3) is 3.44. The maximum absolute atomic E-state index is 14.1. The van der Waals surface area contributed by atoms with Gasteiger partial charge in [0.25, 0.3) is 0 Å². The lowest BCUT2D eigenvalue weighted by atomic mass is 9.99. The van der Waals surface area contributed by atoms with E-state index >= 15 is 0 Å². The standard InChI is InChI=1S/C18H21F/c1-3-5-6-15-9-12-17(18(19)13-15)16-10-7-14(4-2)8-11-16/h7-13H,3-6H2,1-2H3. The van der Waals surface area contributed by atoms with Gasteiger partial charge in [0.2, 0.25) is 0 Å². The van der Waals surface area contributed by atoms with Gasteiger partial charge in [-0.25, -0.2) is 4.39 Å². The Morgan fingerprint density at radius 3 is 2.16 bits per heavy atom. The van der Waals surface area contributed by atoms with Gasteiger partial charge in [-0.05, 0) is 42.0 Å². The van der Waals surface area contributed by atoms with Gasteiger partial charge < -0.3 is 0 Å². The van der Waals surface area contributed by atoms with E-state index < -0.39 is 0 Å². The molecule has 0 aliphatic heterocycles. The molecule has 2 aromatic rings. The Morgan fingerprint density at radius 1 is 0.895 bits per heavy atom. The Morgan fingerprint density at radius 2 is 1.58 bits per heavy atom. The number of unbranched alkanes of at least 4 members (excludes halogenated alkanes) is 1. The number of hydrogen-bond donors (Lipinski definition) is 0. The van der Waals surface area contributed by atoms with E-state index in [1.54, 1.807) is 6.07 Å². The molecule has 0 aliphatic rings. The first-order chi connectivity index (χ1) is 9.24. The van der Waals surface area contributed by atoms with Crippen LogP contribution in [0.1, 0.15) is 37.8 Å². The highest BCUT2D eigenvalue weighted by Crippen LogP contribution is 2.24. The number of rotatable bonds is 5. The van der Waals surface area contributed by atoms with E-state index in [-0.39, 0.29) is 5.82 Å². The van der Waals surface area contributed by atoms with Gasteiger partial charge >= 0.3 is 0 Å². The number of hydrogen-bond acceptors (Lipinski definition) is 0. The van der Waals surface area contributed by atoms with Crippen LogP contribution in [-0.4, -0.2) is 0 Å². The van der Waals surface area contributed by atoms with Crippen LogP contribution in [0.5, 0.6) is 0 Å². The maximum atomic E-state index is 14.1. The van der Waals surface area contributed by atoms with Gasteiger partial charge in [0.05, 0.1) is 0 Å². The smallest absolute Gasteiger partial charge is 0.131 e. The summed E-state index contributed by atoms with van der Waals surface area (Å²) in [5.74, 6) is -0.113. The Labute approximate surface area is 115 Å². The lowest BCUT2D eigenvalue weighted by molar-refractivity contribution is 0.627. The van der Waals surface area contributed by atoms with Crippen molar-refractivity contribution in [3.05, 3.63) is 59.4 Å². The average Bonchev–Trinajstić information content (AvgIpc) is 2.45. The first-order valence-electron chi connectivity index (χ1n) is 7.12. The first-order valence-corrected chi connectivity index (χ1v) is 7.12. The minimum Gasteiger partial charge on any atom is -0.206 e. The Bertz CT molecular complexity index is 526. The average molecular weight is 256 g/mol. The lowest BCUT2D eigenvalue weighted by Gasteiger charge is -2.07. The molecule has 0 fully saturated rings. The number of halogens is 1. The van der Waals surface area contributed by atoms with Crippen LogP contribution in [0.15, 0.2) is 42.5 Å². The van der Waals surface area contributed by atoms with Crippen molar-refractivity contribution in [1.29, 1.82) is 0 Å². The monoisotopic (exact) mass is 256 g/mol. The first kappa shape index (κ1) is 13.8. The van der Waals surface area contributed by atoms with Gasteiger partial charge in [-0.3, -0.25) is 0 Å². The molecule has 0 aromatic heterocycles. The van der Waals surface area contributed by atoms with E-state index in [0.29, 0.717) is 5.56 Å². The molecular formula is C18H21F. The van der Waals surface area contributed by atoms with Crippen LogP contribution in [0.4, 0.5) is 4.39 Å². The second kappa shape index (κ2) is 6.51. The highest BCUT2D eigenvalue weighted by atomic mass is 19.1. The molecule has 1 heteroatoms. The van der Waals surface area contributed by atoms with E-state index in [4.69, 9.17) is 0 Å². The highest BCUT2D eigenvalue weighted by Gasteiger charge is 2.06. The van der Waals surface area contributed by atoms with Crippen LogP contribution in [0.25, 0.3) is 11.1 Å². The summed E-state index contributed by atoms with van der Waals surface area (Å²) in [6, 6.07) is 13.8. The van der Waals surface area contributed by atoms with Crippen molar-refractivity contribution in [1.82, 2.24) is 0 Å². The van der Waals surface area contributed by atoms with Crippen LogP contribution in [-0.2, 0) is 12.8 Å². The predicted octanol–water partition coefficient (Wildman–Crippen LogP) is 5.40. The van der Waals surface area contributed by atoms with Crippen LogP contribution in [0.3, 0.4) is 0 Å². The van der Waals surface area contributed by atoms with Crippen molar-refractivity contribution in [3.8, 4) is 11.1 Å². The molecule has 100 valence electrons. The van der Waals surface area contributed by atoms with Crippen molar-refractivity contribution in [3.63, 3.8) is 0 Å². The summed E-state index contributed by atoms with van der Waals surface area (Å²) in [5.41, 5.74) is 4.02.